The lowest BCUT2D eigenvalue weighted by Crippen LogP contribution is -2.36. The van der Waals surface area contributed by atoms with E-state index < -0.39 is 0 Å². The molecular formula is C27H30ClN5O. The molecule has 0 saturated heterocycles. The molecule has 1 aliphatic carbocycles. The summed E-state index contributed by atoms with van der Waals surface area (Å²) in [6.45, 7) is 10.5. The van der Waals surface area contributed by atoms with Gasteiger partial charge in [0.1, 0.15) is 6.04 Å². The number of nitrogens with one attached hydrogen (secondary N) is 1. The molecular weight excluding hydrogens is 446 g/mol. The lowest BCUT2D eigenvalue weighted by Gasteiger charge is -2.38. The van der Waals surface area contributed by atoms with Crippen LogP contribution < -0.4 is 10.2 Å². The van der Waals surface area contributed by atoms with Crippen LogP contribution in [0, 0.1) is 5.41 Å². The van der Waals surface area contributed by atoms with Crippen molar-refractivity contribution in [2.24, 2.45) is 5.41 Å². The first-order valence-corrected chi connectivity index (χ1v) is 12.3. The minimum Gasteiger partial charge on any atom is -0.372 e. The summed E-state index contributed by atoms with van der Waals surface area (Å²) in [6.07, 6.45) is 1.31. The number of hydrogen-bond acceptors (Lipinski definition) is 5. The second-order valence-electron chi connectivity index (χ2n) is 9.84. The number of aromatic nitrogens is 3. The predicted octanol–water partition coefficient (Wildman–Crippen LogP) is 6.10. The number of Topliss-reactive ketones (excluding diaryl/α,β-unsaturated/α-hetero) is 1. The molecule has 1 unspecified atom stereocenters. The standard InChI is InChI=1S/C27H30ClN5O/c1-5-32(6-2)20-13-9-18(10-14-20)25-30-26-29-21-15-27(3,4)16-22(34)23(21)24(33(26)31-25)17-7-11-19(28)12-8-17/h7-14,24H,5-6,15-16H2,1-4H3,(H,29,30,31). The van der Waals surface area contributed by atoms with Crippen LogP contribution in [-0.2, 0) is 4.79 Å². The van der Waals surface area contributed by atoms with Crippen molar-refractivity contribution in [2.45, 2.75) is 46.6 Å². The zero-order valence-corrected chi connectivity index (χ0v) is 20.9. The summed E-state index contributed by atoms with van der Waals surface area (Å²) in [6, 6.07) is 15.7. The maximum Gasteiger partial charge on any atom is 0.226 e. The predicted molar refractivity (Wildman–Crippen MR) is 137 cm³/mol. The van der Waals surface area contributed by atoms with Crippen molar-refractivity contribution in [1.82, 2.24) is 14.8 Å². The fourth-order valence-corrected chi connectivity index (χ4v) is 5.22. The van der Waals surface area contributed by atoms with E-state index in [9.17, 15) is 4.79 Å². The zero-order valence-electron chi connectivity index (χ0n) is 20.1. The molecule has 2 heterocycles. The smallest absolute Gasteiger partial charge is 0.226 e. The monoisotopic (exact) mass is 475 g/mol. The van der Waals surface area contributed by atoms with Crippen molar-refractivity contribution < 1.29 is 4.79 Å². The Bertz CT molecular complexity index is 1250. The Kier molecular flexibility index (Phi) is 5.72. The Balaban J connectivity index is 1.58. The van der Waals surface area contributed by atoms with Gasteiger partial charge in [-0.25, -0.2) is 4.68 Å². The molecule has 1 atom stereocenters. The minimum absolute atomic E-state index is 0.0985. The molecule has 5 rings (SSSR count). The normalized spacial score (nSPS) is 18.9. The highest BCUT2D eigenvalue weighted by molar-refractivity contribution is 6.30. The van der Waals surface area contributed by atoms with Gasteiger partial charge in [0.05, 0.1) is 0 Å². The third-order valence-electron chi connectivity index (χ3n) is 6.77. The van der Waals surface area contributed by atoms with E-state index >= 15 is 0 Å². The van der Waals surface area contributed by atoms with Gasteiger partial charge in [0.2, 0.25) is 5.95 Å². The van der Waals surface area contributed by atoms with Crippen LogP contribution in [0.4, 0.5) is 11.6 Å². The second-order valence-corrected chi connectivity index (χ2v) is 10.3. The van der Waals surface area contributed by atoms with Gasteiger partial charge in [-0.2, -0.15) is 4.98 Å². The molecule has 34 heavy (non-hydrogen) atoms. The molecule has 0 bridgehead atoms. The van der Waals surface area contributed by atoms with Crippen molar-refractivity contribution in [3.05, 3.63) is 70.4 Å². The topological polar surface area (TPSA) is 63.1 Å². The summed E-state index contributed by atoms with van der Waals surface area (Å²) in [5.74, 6) is 1.45. The van der Waals surface area contributed by atoms with Gasteiger partial charge in [-0.15, -0.1) is 5.10 Å². The summed E-state index contributed by atoms with van der Waals surface area (Å²) in [5.41, 5.74) is 4.73. The molecule has 0 saturated carbocycles. The number of benzene rings is 2. The largest absolute Gasteiger partial charge is 0.372 e. The van der Waals surface area contributed by atoms with Gasteiger partial charge in [0.25, 0.3) is 0 Å². The third kappa shape index (κ3) is 4.00. The van der Waals surface area contributed by atoms with E-state index in [1.54, 1.807) is 0 Å². The summed E-state index contributed by atoms with van der Waals surface area (Å²) >= 11 is 6.16. The molecule has 1 aliphatic heterocycles. The van der Waals surface area contributed by atoms with E-state index in [-0.39, 0.29) is 17.2 Å². The van der Waals surface area contributed by atoms with Gasteiger partial charge in [-0.3, -0.25) is 4.79 Å². The van der Waals surface area contributed by atoms with Crippen LogP contribution in [0.25, 0.3) is 11.4 Å². The summed E-state index contributed by atoms with van der Waals surface area (Å²) < 4.78 is 1.85. The first-order valence-electron chi connectivity index (χ1n) is 11.9. The number of fused-ring (bicyclic) bond motifs is 1. The maximum atomic E-state index is 13.3. The Labute approximate surface area is 205 Å². The highest BCUT2D eigenvalue weighted by Crippen LogP contribution is 2.45. The van der Waals surface area contributed by atoms with Gasteiger partial charge in [-0.1, -0.05) is 37.6 Å². The van der Waals surface area contributed by atoms with Crippen molar-refractivity contribution in [3.8, 4) is 11.4 Å². The molecule has 176 valence electrons. The highest BCUT2D eigenvalue weighted by atomic mass is 35.5. The van der Waals surface area contributed by atoms with Crippen molar-refractivity contribution >= 4 is 29.0 Å². The van der Waals surface area contributed by atoms with E-state index in [2.05, 4.69) is 62.2 Å². The van der Waals surface area contributed by atoms with E-state index in [1.807, 2.05) is 28.9 Å². The average Bonchev–Trinajstić information content (AvgIpc) is 3.22. The molecule has 6 nitrogen and oxygen atoms in total. The number of nitrogens with zero attached hydrogens (tertiary/aromatic N) is 4. The van der Waals surface area contributed by atoms with E-state index in [1.165, 1.54) is 5.69 Å². The van der Waals surface area contributed by atoms with Crippen LogP contribution in [0.5, 0.6) is 0 Å². The number of rotatable bonds is 5. The van der Waals surface area contributed by atoms with Crippen molar-refractivity contribution in [3.63, 3.8) is 0 Å². The number of allylic oxidation sites excluding steroid dienone is 2. The van der Waals surface area contributed by atoms with Crippen molar-refractivity contribution in [2.75, 3.05) is 23.3 Å². The number of anilines is 2. The average molecular weight is 476 g/mol. The molecule has 1 aromatic heterocycles. The SMILES string of the molecule is CCN(CC)c1ccc(-c2nc3n(n2)C(c2ccc(Cl)cc2)C2=C(CC(C)(C)CC2=O)N3)cc1. The fraction of sp³-hybridized carbons (Fsp3) is 0.370. The van der Waals surface area contributed by atoms with Crippen LogP contribution >= 0.6 is 11.6 Å². The second kappa shape index (κ2) is 8.58. The lowest BCUT2D eigenvalue weighted by atomic mass is 9.73. The molecule has 0 radical (unpaired) electrons. The first kappa shape index (κ1) is 22.7. The van der Waals surface area contributed by atoms with Gasteiger partial charge in [-0.05, 0) is 67.6 Å². The Morgan fingerprint density at radius 3 is 2.38 bits per heavy atom. The van der Waals surface area contributed by atoms with Gasteiger partial charge in [0.15, 0.2) is 11.6 Å². The molecule has 3 aromatic rings. The fourth-order valence-electron chi connectivity index (χ4n) is 5.09. The number of carbonyl (C=O) groups excluding carboxylic acids is 1. The molecule has 0 spiro atoms. The Hall–Kier alpha value is -3.12. The number of carbonyl (C=O) groups is 1. The molecule has 0 fully saturated rings. The molecule has 7 heteroatoms. The van der Waals surface area contributed by atoms with E-state index in [4.69, 9.17) is 21.7 Å². The highest BCUT2D eigenvalue weighted by Gasteiger charge is 2.41. The maximum absolute atomic E-state index is 13.3. The van der Waals surface area contributed by atoms with Crippen molar-refractivity contribution in [1.29, 1.82) is 0 Å². The number of ketones is 1. The molecule has 0 amide bonds. The molecule has 2 aromatic carbocycles. The van der Waals surface area contributed by atoms with Crippen LogP contribution in [0.1, 0.15) is 52.1 Å². The van der Waals surface area contributed by atoms with Crippen LogP contribution in [0.15, 0.2) is 59.8 Å². The zero-order chi connectivity index (χ0) is 24.0. The molecule has 2 aliphatic rings. The summed E-state index contributed by atoms with van der Waals surface area (Å²) in [4.78, 5) is 20.5. The first-order chi connectivity index (χ1) is 16.3. The Morgan fingerprint density at radius 2 is 1.74 bits per heavy atom. The van der Waals surface area contributed by atoms with E-state index in [0.717, 1.165) is 41.9 Å². The van der Waals surface area contributed by atoms with Crippen LogP contribution in [-0.4, -0.2) is 33.6 Å². The third-order valence-corrected chi connectivity index (χ3v) is 7.02. The minimum atomic E-state index is -0.330. The van der Waals surface area contributed by atoms with E-state index in [0.29, 0.717) is 23.2 Å². The van der Waals surface area contributed by atoms with Crippen LogP contribution in [0.3, 0.4) is 0 Å². The van der Waals surface area contributed by atoms with Gasteiger partial charge >= 0.3 is 0 Å². The quantitative estimate of drug-likeness (QED) is 0.482. The van der Waals surface area contributed by atoms with Gasteiger partial charge < -0.3 is 10.2 Å². The van der Waals surface area contributed by atoms with Gasteiger partial charge in [0, 0.05) is 47.1 Å². The lowest BCUT2D eigenvalue weighted by molar-refractivity contribution is -0.118. The summed E-state index contributed by atoms with van der Waals surface area (Å²) in [7, 11) is 0. The summed E-state index contributed by atoms with van der Waals surface area (Å²) in [5, 5.41) is 9.00. The van der Waals surface area contributed by atoms with Crippen LogP contribution in [0.2, 0.25) is 5.02 Å². The Morgan fingerprint density at radius 1 is 1.06 bits per heavy atom. The number of hydrogen-bond donors (Lipinski definition) is 1. The number of halogens is 1. The molecule has 1 N–H and O–H groups in total.